The number of nitrogen functional groups attached to an aromatic ring is 2. The fourth-order valence-electron chi connectivity index (χ4n) is 7.21. The Kier molecular flexibility index (Phi) is 13.1. The number of nitrogens with zero attached hydrogens (tertiary/aromatic N) is 5. The van der Waals surface area contributed by atoms with Crippen LogP contribution in [0.15, 0.2) is 104 Å². The number of benzene rings is 4. The topological polar surface area (TPSA) is 182 Å². The van der Waals surface area contributed by atoms with E-state index in [1.165, 1.54) is 54.0 Å². The molecule has 2 amide bonds. The van der Waals surface area contributed by atoms with Gasteiger partial charge in [-0.25, -0.2) is 28.7 Å². The Morgan fingerprint density at radius 1 is 0.661 bits per heavy atom. The van der Waals surface area contributed by atoms with Gasteiger partial charge in [-0.3, -0.25) is 9.59 Å². The van der Waals surface area contributed by atoms with E-state index in [0.717, 1.165) is 31.0 Å². The lowest BCUT2D eigenvalue weighted by molar-refractivity contribution is -0.137. The van der Waals surface area contributed by atoms with Gasteiger partial charge in [-0.2, -0.15) is 13.2 Å². The third kappa shape index (κ3) is 10.2. The van der Waals surface area contributed by atoms with E-state index >= 15 is 0 Å². The normalized spacial score (nSPS) is 14.8. The summed E-state index contributed by atoms with van der Waals surface area (Å²) in [7, 11) is 0. The van der Waals surface area contributed by atoms with Crippen LogP contribution in [0, 0.1) is 11.6 Å². The lowest BCUT2D eigenvalue weighted by Crippen LogP contribution is -2.40. The molecule has 0 aliphatic carbocycles. The summed E-state index contributed by atoms with van der Waals surface area (Å²) < 4.78 is 75.2. The average molecular weight is 853 g/mol. The summed E-state index contributed by atoms with van der Waals surface area (Å²) in [5, 5.41) is 12.7. The lowest BCUT2D eigenvalue weighted by atomic mass is 9.94. The lowest BCUT2D eigenvalue weighted by Gasteiger charge is -2.30. The maximum absolute atomic E-state index is 14.9. The van der Waals surface area contributed by atoms with Crippen molar-refractivity contribution in [2.24, 2.45) is 0 Å². The van der Waals surface area contributed by atoms with E-state index in [0.29, 0.717) is 59.4 Å². The van der Waals surface area contributed by atoms with Crippen molar-refractivity contribution in [2.75, 3.05) is 37.8 Å². The van der Waals surface area contributed by atoms with Gasteiger partial charge in [0.25, 0.3) is 11.8 Å². The SMILES string of the molecule is Nc1ncc(-c2ccc(-c3ccc(C(F)(F)F)cc3C(=O)N3CCC(O)CC3)cc2F)cn1.Nc1ncc(-c2ccc(-c3ccccc3C(=O)NC3CCOCC3)cc2F)cn1. The quantitative estimate of drug-likeness (QED) is 0.117. The summed E-state index contributed by atoms with van der Waals surface area (Å²) >= 11 is 0. The van der Waals surface area contributed by atoms with Crippen LogP contribution >= 0.6 is 0 Å². The number of nitrogens with two attached hydrogens (primary N) is 2. The standard InChI is InChI=1S/C23H20F4N4O2.C22H21FN4O2/c24-20-9-13(1-3-18(20)14-11-29-22(28)30-12-14)17-4-2-15(23(25,26)27)10-19(17)21(33)31-7-5-16(32)6-8-31;23-20-11-14(5-6-18(20)15-12-25-22(24)26-13-15)17-3-1-2-4-19(17)21(28)27-16-7-9-29-10-8-16/h1-4,9-12,16,32H,5-8H2,(H2,28,29,30);1-6,11-13,16H,7-10H2,(H,27,28)(H2,24,25,26). The Bertz CT molecular complexity index is 2550. The first-order chi connectivity index (χ1) is 29.7. The van der Waals surface area contributed by atoms with Crippen molar-refractivity contribution in [2.45, 2.75) is 44.0 Å². The molecule has 320 valence electrons. The summed E-state index contributed by atoms with van der Waals surface area (Å²) in [5.74, 6) is -1.66. The molecule has 0 saturated carbocycles. The molecule has 6 N–H and O–H groups in total. The van der Waals surface area contributed by atoms with E-state index in [9.17, 15) is 36.6 Å². The number of amides is 2. The predicted molar refractivity (Wildman–Crippen MR) is 222 cm³/mol. The summed E-state index contributed by atoms with van der Waals surface area (Å²) in [4.78, 5) is 42.9. The van der Waals surface area contributed by atoms with Crippen LogP contribution in [-0.4, -0.2) is 80.2 Å². The number of ether oxygens (including phenoxy) is 1. The number of nitrogens with one attached hydrogen (secondary N) is 1. The third-order valence-electron chi connectivity index (χ3n) is 10.6. The van der Waals surface area contributed by atoms with Crippen molar-refractivity contribution in [3.05, 3.63) is 132 Å². The zero-order valence-corrected chi connectivity index (χ0v) is 33.1. The molecule has 2 saturated heterocycles. The van der Waals surface area contributed by atoms with Crippen LogP contribution in [0.5, 0.6) is 0 Å². The summed E-state index contributed by atoms with van der Waals surface area (Å²) in [5.41, 5.74) is 13.5. The van der Waals surface area contributed by atoms with Crippen LogP contribution < -0.4 is 16.8 Å². The van der Waals surface area contributed by atoms with Crippen molar-refractivity contribution < 1.29 is 41.4 Å². The van der Waals surface area contributed by atoms with Gasteiger partial charge in [0, 0.05) is 90.5 Å². The number of anilines is 2. The molecule has 0 bridgehead atoms. The van der Waals surface area contributed by atoms with Crippen LogP contribution in [-0.2, 0) is 10.9 Å². The van der Waals surface area contributed by atoms with E-state index in [1.54, 1.807) is 24.3 Å². The maximum atomic E-state index is 14.9. The number of hydrogen-bond acceptors (Lipinski definition) is 10. The summed E-state index contributed by atoms with van der Waals surface area (Å²) in [6.07, 6.45) is 2.76. The van der Waals surface area contributed by atoms with Crippen molar-refractivity contribution in [1.29, 1.82) is 0 Å². The van der Waals surface area contributed by atoms with E-state index in [1.807, 2.05) is 12.1 Å². The number of hydrogen-bond donors (Lipinski definition) is 4. The van der Waals surface area contributed by atoms with Gasteiger partial charge in [0.2, 0.25) is 11.9 Å². The van der Waals surface area contributed by atoms with Crippen LogP contribution in [0.4, 0.5) is 33.8 Å². The molecule has 0 unspecified atom stereocenters. The first kappa shape index (κ1) is 43.2. The smallest absolute Gasteiger partial charge is 0.393 e. The number of aromatic nitrogens is 4. The number of piperidine rings is 1. The van der Waals surface area contributed by atoms with Gasteiger partial charge in [0.05, 0.1) is 11.7 Å². The highest BCUT2D eigenvalue weighted by atomic mass is 19.4. The number of aliphatic hydroxyl groups is 1. The highest BCUT2D eigenvalue weighted by molar-refractivity contribution is 6.02. The summed E-state index contributed by atoms with van der Waals surface area (Å²) in [6, 6.07) is 19.1. The minimum Gasteiger partial charge on any atom is -0.393 e. The van der Waals surface area contributed by atoms with Crippen molar-refractivity contribution in [1.82, 2.24) is 30.2 Å². The predicted octanol–water partition coefficient (Wildman–Crippen LogP) is 7.59. The van der Waals surface area contributed by atoms with E-state index in [2.05, 4.69) is 25.3 Å². The van der Waals surface area contributed by atoms with E-state index in [-0.39, 0.29) is 59.2 Å². The molecule has 12 nitrogen and oxygen atoms in total. The van der Waals surface area contributed by atoms with Crippen LogP contribution in [0.25, 0.3) is 44.5 Å². The van der Waals surface area contributed by atoms with Gasteiger partial charge >= 0.3 is 6.18 Å². The number of alkyl halides is 3. The van der Waals surface area contributed by atoms with Gasteiger partial charge in [0.1, 0.15) is 11.6 Å². The third-order valence-corrected chi connectivity index (χ3v) is 10.6. The zero-order chi connectivity index (χ0) is 44.0. The number of carbonyl (C=O) groups is 2. The van der Waals surface area contributed by atoms with E-state index in [4.69, 9.17) is 16.2 Å². The molecule has 6 aromatic rings. The molecule has 0 radical (unpaired) electrons. The molecule has 17 heteroatoms. The van der Waals surface area contributed by atoms with Gasteiger partial charge in [0.15, 0.2) is 0 Å². The molecule has 0 spiro atoms. The first-order valence-corrected chi connectivity index (χ1v) is 19.7. The van der Waals surface area contributed by atoms with Crippen molar-refractivity contribution >= 4 is 23.7 Å². The van der Waals surface area contributed by atoms with Gasteiger partial charge in [-0.1, -0.05) is 48.5 Å². The Morgan fingerprint density at radius 2 is 1.16 bits per heavy atom. The van der Waals surface area contributed by atoms with Crippen LogP contribution in [0.1, 0.15) is 52.0 Å². The Labute approximate surface area is 352 Å². The molecule has 8 rings (SSSR count). The molecule has 2 aliphatic rings. The van der Waals surface area contributed by atoms with Crippen LogP contribution in [0.2, 0.25) is 0 Å². The highest BCUT2D eigenvalue weighted by Gasteiger charge is 2.33. The number of carbonyl (C=O) groups excluding carboxylic acids is 2. The summed E-state index contributed by atoms with van der Waals surface area (Å²) in [6.45, 7) is 1.74. The second-order valence-corrected chi connectivity index (χ2v) is 14.7. The Morgan fingerprint density at radius 3 is 1.68 bits per heavy atom. The molecule has 2 aromatic heterocycles. The molecule has 62 heavy (non-hydrogen) atoms. The monoisotopic (exact) mass is 852 g/mol. The number of likely N-dealkylation sites (tertiary alicyclic amines) is 1. The molecule has 0 atom stereocenters. The maximum Gasteiger partial charge on any atom is 0.416 e. The molecular weight excluding hydrogens is 812 g/mol. The molecule has 2 fully saturated rings. The zero-order valence-electron chi connectivity index (χ0n) is 33.1. The Hall–Kier alpha value is -6.85. The minimum absolute atomic E-state index is 0.0360. The van der Waals surface area contributed by atoms with Gasteiger partial charge < -0.3 is 31.5 Å². The van der Waals surface area contributed by atoms with Gasteiger partial charge in [-0.05, 0) is 78.3 Å². The second kappa shape index (κ2) is 18.8. The minimum atomic E-state index is -4.64. The number of rotatable bonds is 7. The second-order valence-electron chi connectivity index (χ2n) is 14.7. The van der Waals surface area contributed by atoms with E-state index < -0.39 is 35.4 Å². The molecule has 4 aromatic carbocycles. The Balaban J connectivity index is 0.000000188. The molecule has 4 heterocycles. The average Bonchev–Trinajstić information content (AvgIpc) is 3.27. The largest absolute Gasteiger partial charge is 0.416 e. The molecule has 2 aliphatic heterocycles. The number of halogens is 5. The number of aliphatic hydroxyl groups excluding tert-OH is 1. The fourth-order valence-corrected chi connectivity index (χ4v) is 7.21. The highest BCUT2D eigenvalue weighted by Crippen LogP contribution is 2.36. The molecular formula is C45H41F5N8O4. The van der Waals surface area contributed by atoms with Crippen LogP contribution in [0.3, 0.4) is 0 Å². The first-order valence-electron chi connectivity index (χ1n) is 19.7. The van der Waals surface area contributed by atoms with Crippen molar-refractivity contribution in [3.63, 3.8) is 0 Å². The fraction of sp³-hybridized carbons (Fsp3) is 0.244. The van der Waals surface area contributed by atoms with Gasteiger partial charge in [-0.15, -0.1) is 0 Å². The van der Waals surface area contributed by atoms with Crippen molar-refractivity contribution in [3.8, 4) is 44.5 Å².